The average molecular weight is 341 g/mol. The highest BCUT2D eigenvalue weighted by Gasteiger charge is 2.17. The summed E-state index contributed by atoms with van der Waals surface area (Å²) in [4.78, 5) is 11.6. The van der Waals surface area contributed by atoms with Crippen molar-refractivity contribution in [3.63, 3.8) is 0 Å². The van der Waals surface area contributed by atoms with E-state index in [1.807, 2.05) is 30.3 Å². The molecule has 0 heterocycles. The maximum Gasteiger partial charge on any atom is 0.337 e. The molecular formula is C18H15NO4S. The first-order valence-electron chi connectivity index (χ1n) is 7.19. The van der Waals surface area contributed by atoms with Crippen LogP contribution in [0.2, 0.25) is 0 Å². The Morgan fingerprint density at radius 1 is 0.917 bits per heavy atom. The van der Waals surface area contributed by atoms with Crippen LogP contribution in [0.3, 0.4) is 0 Å². The third kappa shape index (κ3) is 3.23. The Morgan fingerprint density at radius 2 is 1.67 bits per heavy atom. The van der Waals surface area contributed by atoms with Crippen molar-refractivity contribution in [2.24, 2.45) is 0 Å². The zero-order valence-corrected chi connectivity index (χ0v) is 13.7. The minimum Gasteiger partial charge on any atom is -0.465 e. The van der Waals surface area contributed by atoms with Crippen molar-refractivity contribution in [1.82, 2.24) is 0 Å². The highest BCUT2D eigenvalue weighted by atomic mass is 32.2. The summed E-state index contributed by atoms with van der Waals surface area (Å²) in [6.45, 7) is 0. The topological polar surface area (TPSA) is 72.5 Å². The number of anilines is 1. The fourth-order valence-corrected chi connectivity index (χ4v) is 3.47. The normalized spacial score (nSPS) is 11.2. The summed E-state index contributed by atoms with van der Waals surface area (Å²) in [5.74, 6) is -0.585. The second-order valence-electron chi connectivity index (χ2n) is 5.19. The molecule has 0 aliphatic carbocycles. The summed E-state index contributed by atoms with van der Waals surface area (Å²) in [7, 11) is -2.56. The summed E-state index contributed by atoms with van der Waals surface area (Å²) in [5.41, 5.74) is 0.635. The molecule has 0 atom stereocenters. The molecule has 3 rings (SSSR count). The van der Waals surface area contributed by atoms with Crippen LogP contribution in [0.1, 0.15) is 10.4 Å². The summed E-state index contributed by atoms with van der Waals surface area (Å²) in [6, 6.07) is 18.7. The first-order valence-corrected chi connectivity index (χ1v) is 8.68. The van der Waals surface area contributed by atoms with E-state index in [0.29, 0.717) is 5.69 Å². The predicted octanol–water partition coefficient (Wildman–Crippen LogP) is 3.43. The van der Waals surface area contributed by atoms with Crippen molar-refractivity contribution in [1.29, 1.82) is 0 Å². The molecule has 0 fully saturated rings. The maximum atomic E-state index is 12.5. The molecule has 24 heavy (non-hydrogen) atoms. The van der Waals surface area contributed by atoms with Gasteiger partial charge in [0.1, 0.15) is 0 Å². The second kappa shape index (κ2) is 6.33. The van der Waals surface area contributed by atoms with Crippen LogP contribution in [0.4, 0.5) is 5.69 Å². The lowest BCUT2D eigenvalue weighted by Gasteiger charge is -2.10. The molecular weight excluding hydrogens is 326 g/mol. The number of benzene rings is 3. The number of hydrogen-bond donors (Lipinski definition) is 1. The van der Waals surface area contributed by atoms with E-state index in [1.54, 1.807) is 12.1 Å². The summed E-state index contributed by atoms with van der Waals surface area (Å²) < 4.78 is 32.2. The fraction of sp³-hybridized carbons (Fsp3) is 0.0556. The molecule has 0 spiro atoms. The van der Waals surface area contributed by atoms with E-state index >= 15 is 0 Å². The zero-order chi connectivity index (χ0) is 17.2. The Balaban J connectivity index is 1.94. The molecule has 1 N–H and O–H groups in total. The Hall–Kier alpha value is -2.86. The Morgan fingerprint density at radius 3 is 2.42 bits per heavy atom. The van der Waals surface area contributed by atoms with Crippen molar-refractivity contribution in [2.75, 3.05) is 11.8 Å². The van der Waals surface area contributed by atoms with Gasteiger partial charge in [0.05, 0.1) is 17.6 Å². The average Bonchev–Trinajstić information content (AvgIpc) is 2.60. The van der Waals surface area contributed by atoms with Gasteiger partial charge < -0.3 is 4.74 Å². The third-order valence-electron chi connectivity index (χ3n) is 3.57. The first kappa shape index (κ1) is 16.0. The molecule has 0 saturated carbocycles. The molecule has 0 aliphatic heterocycles. The number of nitrogens with one attached hydrogen (secondary N) is 1. The minimum atomic E-state index is -3.80. The second-order valence-corrected chi connectivity index (χ2v) is 6.87. The lowest BCUT2D eigenvalue weighted by atomic mass is 10.1. The van der Waals surface area contributed by atoms with E-state index < -0.39 is 16.0 Å². The van der Waals surface area contributed by atoms with Crippen molar-refractivity contribution >= 4 is 32.5 Å². The smallest absolute Gasteiger partial charge is 0.337 e. The molecule has 3 aromatic carbocycles. The number of methoxy groups -OCH3 is 1. The first-order chi connectivity index (χ1) is 11.5. The molecule has 6 heteroatoms. The highest BCUT2D eigenvalue weighted by molar-refractivity contribution is 7.92. The Labute approximate surface area is 139 Å². The van der Waals surface area contributed by atoms with Crippen LogP contribution in [0.5, 0.6) is 0 Å². The van der Waals surface area contributed by atoms with Gasteiger partial charge in [0.15, 0.2) is 0 Å². The number of carbonyl (C=O) groups excluding carboxylic acids is 1. The van der Waals surface area contributed by atoms with Gasteiger partial charge >= 0.3 is 5.97 Å². The van der Waals surface area contributed by atoms with Crippen LogP contribution in [0, 0.1) is 0 Å². The Bertz CT molecular complexity index is 1010. The number of fused-ring (bicyclic) bond motifs is 1. The minimum absolute atomic E-state index is 0.00133. The SMILES string of the molecule is COC(=O)c1cccc(S(=O)(=O)Nc2ccc3ccccc3c2)c1. The van der Waals surface area contributed by atoms with Crippen LogP contribution < -0.4 is 4.72 Å². The summed E-state index contributed by atoms with van der Waals surface area (Å²) in [5, 5.41) is 1.95. The monoisotopic (exact) mass is 341 g/mol. The number of carbonyl (C=O) groups is 1. The Kier molecular flexibility index (Phi) is 4.22. The van der Waals surface area contributed by atoms with Gasteiger partial charge in [0, 0.05) is 5.69 Å². The number of hydrogen-bond acceptors (Lipinski definition) is 4. The zero-order valence-electron chi connectivity index (χ0n) is 12.9. The number of ether oxygens (including phenoxy) is 1. The van der Waals surface area contributed by atoms with Crippen LogP contribution >= 0.6 is 0 Å². The molecule has 0 amide bonds. The third-order valence-corrected chi connectivity index (χ3v) is 4.95. The quantitative estimate of drug-likeness (QED) is 0.738. The molecule has 0 radical (unpaired) electrons. The van der Waals surface area contributed by atoms with Crippen LogP contribution in [0.15, 0.2) is 71.6 Å². The van der Waals surface area contributed by atoms with Gasteiger partial charge in [-0.3, -0.25) is 4.72 Å². The fourth-order valence-electron chi connectivity index (χ4n) is 2.37. The molecule has 0 bridgehead atoms. The predicted molar refractivity (Wildman–Crippen MR) is 92.5 cm³/mol. The van der Waals surface area contributed by atoms with Gasteiger partial charge in [-0.05, 0) is 41.1 Å². The van der Waals surface area contributed by atoms with Crippen LogP contribution in [-0.4, -0.2) is 21.5 Å². The summed E-state index contributed by atoms with van der Waals surface area (Å²) >= 11 is 0. The molecule has 0 saturated heterocycles. The molecule has 0 unspecified atom stereocenters. The van der Waals surface area contributed by atoms with E-state index in [1.165, 1.54) is 31.4 Å². The largest absolute Gasteiger partial charge is 0.465 e. The van der Waals surface area contributed by atoms with E-state index in [-0.39, 0.29) is 10.5 Å². The van der Waals surface area contributed by atoms with Gasteiger partial charge in [-0.1, -0.05) is 36.4 Å². The highest BCUT2D eigenvalue weighted by Crippen LogP contribution is 2.22. The van der Waals surface area contributed by atoms with Crippen LogP contribution in [-0.2, 0) is 14.8 Å². The van der Waals surface area contributed by atoms with E-state index in [4.69, 9.17) is 0 Å². The van der Waals surface area contributed by atoms with Crippen LogP contribution in [0.25, 0.3) is 10.8 Å². The van der Waals surface area contributed by atoms with E-state index in [2.05, 4.69) is 9.46 Å². The molecule has 122 valence electrons. The van der Waals surface area contributed by atoms with Crippen molar-refractivity contribution < 1.29 is 17.9 Å². The van der Waals surface area contributed by atoms with Crippen molar-refractivity contribution in [3.05, 3.63) is 72.3 Å². The van der Waals surface area contributed by atoms with E-state index in [9.17, 15) is 13.2 Å². The molecule has 5 nitrogen and oxygen atoms in total. The van der Waals surface area contributed by atoms with Gasteiger partial charge in [-0.25, -0.2) is 13.2 Å². The number of sulfonamides is 1. The van der Waals surface area contributed by atoms with E-state index in [0.717, 1.165) is 10.8 Å². The van der Waals surface area contributed by atoms with Gasteiger partial charge in [-0.2, -0.15) is 0 Å². The van der Waals surface area contributed by atoms with Gasteiger partial charge in [-0.15, -0.1) is 0 Å². The van der Waals surface area contributed by atoms with Gasteiger partial charge in [0.2, 0.25) is 0 Å². The summed E-state index contributed by atoms with van der Waals surface area (Å²) in [6.07, 6.45) is 0. The van der Waals surface area contributed by atoms with Gasteiger partial charge in [0.25, 0.3) is 10.0 Å². The number of esters is 1. The lowest BCUT2D eigenvalue weighted by molar-refractivity contribution is 0.0600. The maximum absolute atomic E-state index is 12.5. The standard InChI is InChI=1S/C18H15NO4S/c1-23-18(20)15-7-4-8-17(12-15)24(21,22)19-16-10-9-13-5-2-3-6-14(13)11-16/h2-12,19H,1H3. The molecule has 3 aromatic rings. The number of rotatable bonds is 4. The molecule has 0 aliphatic rings. The lowest BCUT2D eigenvalue weighted by Crippen LogP contribution is -2.14. The van der Waals surface area contributed by atoms with Crippen molar-refractivity contribution in [3.8, 4) is 0 Å². The van der Waals surface area contributed by atoms with Crippen molar-refractivity contribution in [2.45, 2.75) is 4.90 Å². The molecule has 0 aromatic heterocycles.